The molecule has 0 aromatic carbocycles. The molecule has 61 valence electrons. The average molecular weight is 165 g/mol. The van der Waals surface area contributed by atoms with Crippen molar-refractivity contribution in [1.29, 1.82) is 0 Å². The Morgan fingerprint density at radius 1 is 1.30 bits per heavy atom. The molecule has 10 heavy (non-hydrogen) atoms. The minimum atomic E-state index is -3.79. The van der Waals surface area contributed by atoms with Crippen LogP contribution in [0.15, 0.2) is 0 Å². The van der Waals surface area contributed by atoms with Crippen molar-refractivity contribution in [2.24, 2.45) is 0 Å². The van der Waals surface area contributed by atoms with Gasteiger partial charge in [-0.2, -0.15) is 0 Å². The Kier molecular flexibility index (Phi) is 4.18. The monoisotopic (exact) mass is 165 g/mol. The molecule has 0 spiro atoms. The SMILES string of the molecule is CC[C](CC)CP(=O)(O)O. The first-order chi connectivity index (χ1) is 4.49. The van der Waals surface area contributed by atoms with Gasteiger partial charge in [-0.25, -0.2) is 0 Å². The van der Waals surface area contributed by atoms with Crippen LogP contribution in [0.2, 0.25) is 0 Å². The number of hydrogen-bond donors (Lipinski definition) is 2. The molecule has 0 saturated carbocycles. The smallest absolute Gasteiger partial charge is 0.324 e. The molecular formula is C6H14O3P. The van der Waals surface area contributed by atoms with Gasteiger partial charge in [-0.1, -0.05) is 13.8 Å². The third kappa shape index (κ3) is 4.98. The minimum Gasteiger partial charge on any atom is -0.324 e. The minimum absolute atomic E-state index is 0.0417. The van der Waals surface area contributed by atoms with Gasteiger partial charge in [-0.3, -0.25) is 4.57 Å². The van der Waals surface area contributed by atoms with Crippen LogP contribution in [0.1, 0.15) is 26.7 Å². The first kappa shape index (κ1) is 10.2. The third-order valence-electron chi connectivity index (χ3n) is 1.43. The highest BCUT2D eigenvalue weighted by Gasteiger charge is 2.18. The molecule has 0 fully saturated rings. The zero-order valence-corrected chi connectivity index (χ0v) is 7.27. The molecular weight excluding hydrogens is 151 g/mol. The first-order valence-corrected chi connectivity index (χ1v) is 5.17. The highest BCUT2D eigenvalue weighted by atomic mass is 31.2. The van der Waals surface area contributed by atoms with E-state index in [9.17, 15) is 4.57 Å². The molecule has 0 aliphatic carbocycles. The van der Waals surface area contributed by atoms with E-state index >= 15 is 0 Å². The van der Waals surface area contributed by atoms with Gasteiger partial charge in [-0.05, 0) is 18.8 Å². The average Bonchev–Trinajstić information content (AvgIpc) is 1.81. The van der Waals surface area contributed by atoms with Crippen LogP contribution in [-0.2, 0) is 4.57 Å². The summed E-state index contributed by atoms with van der Waals surface area (Å²) in [5, 5.41) is 0. The Morgan fingerprint density at radius 3 is 1.80 bits per heavy atom. The van der Waals surface area contributed by atoms with E-state index < -0.39 is 7.60 Å². The van der Waals surface area contributed by atoms with Gasteiger partial charge >= 0.3 is 7.60 Å². The summed E-state index contributed by atoms with van der Waals surface area (Å²) < 4.78 is 10.4. The highest BCUT2D eigenvalue weighted by molar-refractivity contribution is 7.51. The second-order valence-corrected chi connectivity index (χ2v) is 3.93. The highest BCUT2D eigenvalue weighted by Crippen LogP contribution is 2.39. The third-order valence-corrected chi connectivity index (χ3v) is 2.29. The van der Waals surface area contributed by atoms with Gasteiger partial charge in [0.15, 0.2) is 0 Å². The van der Waals surface area contributed by atoms with Crippen LogP contribution in [0.4, 0.5) is 0 Å². The zero-order valence-electron chi connectivity index (χ0n) is 6.37. The fourth-order valence-electron chi connectivity index (χ4n) is 0.765. The predicted molar refractivity (Wildman–Crippen MR) is 40.7 cm³/mol. The van der Waals surface area contributed by atoms with Gasteiger partial charge in [0.25, 0.3) is 0 Å². The number of hydrogen-bond acceptors (Lipinski definition) is 1. The molecule has 2 N–H and O–H groups in total. The van der Waals surface area contributed by atoms with Gasteiger partial charge < -0.3 is 9.79 Å². The van der Waals surface area contributed by atoms with Gasteiger partial charge in [0.05, 0.1) is 6.16 Å². The maximum atomic E-state index is 10.4. The van der Waals surface area contributed by atoms with Crippen molar-refractivity contribution < 1.29 is 14.4 Å². The lowest BCUT2D eigenvalue weighted by molar-refractivity contribution is 0.372. The summed E-state index contributed by atoms with van der Waals surface area (Å²) in [7, 11) is -3.79. The quantitative estimate of drug-likeness (QED) is 0.621. The summed E-state index contributed by atoms with van der Waals surface area (Å²) in [6.45, 7) is 3.82. The van der Waals surface area contributed by atoms with Crippen LogP contribution in [0.5, 0.6) is 0 Å². The molecule has 0 atom stereocenters. The van der Waals surface area contributed by atoms with Gasteiger partial charge in [0.1, 0.15) is 0 Å². The normalized spacial score (nSPS) is 12.5. The second-order valence-electron chi connectivity index (χ2n) is 2.28. The van der Waals surface area contributed by atoms with E-state index in [0.29, 0.717) is 0 Å². The summed E-state index contributed by atoms with van der Waals surface area (Å²) in [6.07, 6.45) is 1.49. The number of rotatable bonds is 4. The Morgan fingerprint density at radius 2 is 1.70 bits per heavy atom. The van der Waals surface area contributed by atoms with Crippen LogP contribution in [0.3, 0.4) is 0 Å². The summed E-state index contributed by atoms with van der Waals surface area (Å²) in [5.74, 6) is 0.938. The van der Waals surface area contributed by atoms with E-state index in [1.165, 1.54) is 0 Å². The summed E-state index contributed by atoms with van der Waals surface area (Å²) >= 11 is 0. The zero-order chi connectivity index (χ0) is 8.20. The van der Waals surface area contributed by atoms with E-state index in [4.69, 9.17) is 9.79 Å². The molecule has 3 nitrogen and oxygen atoms in total. The lowest BCUT2D eigenvalue weighted by atomic mass is 10.1. The molecule has 0 unspecified atom stereocenters. The molecule has 1 radical (unpaired) electrons. The maximum absolute atomic E-state index is 10.4. The van der Waals surface area contributed by atoms with Crippen molar-refractivity contribution in [2.45, 2.75) is 26.7 Å². The topological polar surface area (TPSA) is 57.5 Å². The molecule has 0 heterocycles. The van der Waals surface area contributed by atoms with Crippen LogP contribution in [0.25, 0.3) is 0 Å². The van der Waals surface area contributed by atoms with Crippen molar-refractivity contribution in [3.63, 3.8) is 0 Å². The maximum Gasteiger partial charge on any atom is 0.326 e. The molecule has 0 aromatic heterocycles. The van der Waals surface area contributed by atoms with E-state index in [1.807, 2.05) is 13.8 Å². The molecule has 0 bridgehead atoms. The van der Waals surface area contributed by atoms with E-state index in [1.54, 1.807) is 0 Å². The fourth-order valence-corrected chi connectivity index (χ4v) is 1.79. The lowest BCUT2D eigenvalue weighted by Gasteiger charge is -2.11. The largest absolute Gasteiger partial charge is 0.326 e. The van der Waals surface area contributed by atoms with Crippen LogP contribution >= 0.6 is 7.60 Å². The van der Waals surface area contributed by atoms with Gasteiger partial charge in [0, 0.05) is 0 Å². The van der Waals surface area contributed by atoms with Crippen molar-refractivity contribution in [2.75, 3.05) is 6.16 Å². The standard InChI is InChI=1S/C6H14O3P/c1-3-6(4-2)5-10(7,8)9/h3-5H2,1-2H3,(H2,7,8,9). The first-order valence-electron chi connectivity index (χ1n) is 3.37. The molecule has 0 rings (SSSR count). The molecule has 0 aliphatic rings. The van der Waals surface area contributed by atoms with Crippen molar-refractivity contribution in [3.8, 4) is 0 Å². The van der Waals surface area contributed by atoms with Crippen molar-refractivity contribution in [1.82, 2.24) is 0 Å². The Labute approximate surface area is 61.6 Å². The Hall–Kier alpha value is 0.150. The van der Waals surface area contributed by atoms with Gasteiger partial charge in [0.2, 0.25) is 0 Å². The molecule has 0 aliphatic heterocycles. The predicted octanol–water partition coefficient (Wildman–Crippen LogP) is 1.56. The van der Waals surface area contributed by atoms with Crippen LogP contribution in [0, 0.1) is 5.92 Å². The summed E-state index contributed by atoms with van der Waals surface area (Å²) in [5.41, 5.74) is 0. The van der Waals surface area contributed by atoms with Gasteiger partial charge in [-0.15, -0.1) is 0 Å². The van der Waals surface area contributed by atoms with E-state index in [2.05, 4.69) is 0 Å². The molecule has 0 saturated heterocycles. The van der Waals surface area contributed by atoms with E-state index in [0.717, 1.165) is 18.8 Å². The van der Waals surface area contributed by atoms with Crippen LogP contribution < -0.4 is 0 Å². The summed E-state index contributed by atoms with van der Waals surface area (Å²) in [4.78, 5) is 17.1. The molecule has 0 aromatic rings. The molecule has 4 heteroatoms. The summed E-state index contributed by atoms with van der Waals surface area (Å²) in [6, 6.07) is 0. The van der Waals surface area contributed by atoms with Crippen molar-refractivity contribution >= 4 is 7.60 Å². The molecule has 0 amide bonds. The Bertz CT molecular complexity index is 125. The fraction of sp³-hybridized carbons (Fsp3) is 0.833. The van der Waals surface area contributed by atoms with E-state index in [-0.39, 0.29) is 6.16 Å². The van der Waals surface area contributed by atoms with Crippen LogP contribution in [-0.4, -0.2) is 15.9 Å². The van der Waals surface area contributed by atoms with Crippen molar-refractivity contribution in [3.05, 3.63) is 5.92 Å². The second kappa shape index (κ2) is 4.12. The lowest BCUT2D eigenvalue weighted by Crippen LogP contribution is -2.01. The Balaban J connectivity index is 3.75.